The summed E-state index contributed by atoms with van der Waals surface area (Å²) in [5.41, 5.74) is -0.507. The Labute approximate surface area is 187 Å². The molecule has 0 bridgehead atoms. The normalized spacial score (nSPS) is 25.7. The molecule has 12 heteroatoms. The Balaban J connectivity index is 1.42. The second-order valence-corrected chi connectivity index (χ2v) is 8.13. The number of hydrogen-bond donors (Lipinski definition) is 0. The van der Waals surface area contributed by atoms with E-state index in [4.69, 9.17) is 11.6 Å². The van der Waals surface area contributed by atoms with Crippen molar-refractivity contribution in [1.29, 1.82) is 0 Å². The molecule has 2 aliphatic heterocycles. The lowest BCUT2D eigenvalue weighted by atomic mass is 9.82. The molecule has 2 amide bonds. The van der Waals surface area contributed by atoms with E-state index in [0.717, 1.165) is 12.3 Å². The summed E-state index contributed by atoms with van der Waals surface area (Å²) in [6.07, 6.45) is 5.06. The Bertz CT molecular complexity index is 1020. The van der Waals surface area contributed by atoms with Crippen LogP contribution in [0.5, 0.6) is 0 Å². The summed E-state index contributed by atoms with van der Waals surface area (Å²) in [7, 11) is 0. The number of nitrogens with zero attached hydrogens (tertiary/aromatic N) is 6. The minimum Gasteiger partial charge on any atom is -0.337 e. The van der Waals surface area contributed by atoms with Gasteiger partial charge < -0.3 is 9.80 Å². The Kier molecular flexibility index (Phi) is 6.18. The summed E-state index contributed by atoms with van der Waals surface area (Å²) in [4.78, 5) is 35.5. The van der Waals surface area contributed by atoms with Crippen molar-refractivity contribution in [2.45, 2.75) is 19.4 Å². The van der Waals surface area contributed by atoms with E-state index in [1.54, 1.807) is 22.9 Å². The molecule has 0 N–H and O–H groups in total. The van der Waals surface area contributed by atoms with E-state index in [1.165, 1.54) is 11.1 Å². The molecule has 1 aromatic heterocycles. The second-order valence-electron chi connectivity index (χ2n) is 7.79. The van der Waals surface area contributed by atoms with Crippen molar-refractivity contribution < 1.29 is 22.8 Å². The van der Waals surface area contributed by atoms with Gasteiger partial charge in [0.15, 0.2) is 11.5 Å². The average Bonchev–Trinajstić information content (AvgIpc) is 3.25. The molecule has 4 rings (SSSR count). The van der Waals surface area contributed by atoms with Crippen molar-refractivity contribution in [2.75, 3.05) is 31.1 Å². The summed E-state index contributed by atoms with van der Waals surface area (Å²) in [6, 6.07) is -0.852. The van der Waals surface area contributed by atoms with Crippen molar-refractivity contribution >= 4 is 35.0 Å². The lowest BCUT2D eigenvalue weighted by Crippen LogP contribution is -2.54. The minimum absolute atomic E-state index is 0.137. The van der Waals surface area contributed by atoms with Gasteiger partial charge in [-0.1, -0.05) is 6.92 Å². The molecular formula is C20H20ClF3N6O2. The molecule has 8 nitrogen and oxygen atoms in total. The van der Waals surface area contributed by atoms with E-state index >= 15 is 0 Å². The predicted molar refractivity (Wildman–Crippen MR) is 111 cm³/mol. The number of hydrazone groups is 1. The van der Waals surface area contributed by atoms with Crippen LogP contribution in [0.3, 0.4) is 0 Å². The lowest BCUT2D eigenvalue weighted by Gasteiger charge is -2.39. The maximum Gasteiger partial charge on any atom is 0.340 e. The van der Waals surface area contributed by atoms with Crippen molar-refractivity contribution in [2.24, 2.45) is 16.9 Å². The fraction of sp³-hybridized carbons (Fsp3) is 0.450. The van der Waals surface area contributed by atoms with Crippen LogP contribution in [0.15, 0.2) is 35.1 Å². The first-order chi connectivity index (χ1) is 15.3. The van der Waals surface area contributed by atoms with E-state index in [-0.39, 0.29) is 12.0 Å². The van der Waals surface area contributed by atoms with Crippen LogP contribution in [-0.2, 0) is 0 Å². The van der Waals surface area contributed by atoms with Gasteiger partial charge in [-0.25, -0.2) is 32.9 Å². The topological polar surface area (TPSA) is 82.0 Å². The van der Waals surface area contributed by atoms with Crippen LogP contribution in [0.1, 0.15) is 23.8 Å². The summed E-state index contributed by atoms with van der Waals surface area (Å²) in [5, 5.41) is 4.43. The molecule has 0 saturated carbocycles. The first kappa shape index (κ1) is 22.3. The second kappa shape index (κ2) is 8.89. The molecule has 0 spiro atoms. The Morgan fingerprint density at radius 1 is 1.16 bits per heavy atom. The highest BCUT2D eigenvalue weighted by Crippen LogP contribution is 2.37. The van der Waals surface area contributed by atoms with E-state index < -0.39 is 46.3 Å². The molecule has 2 unspecified atom stereocenters. The molecule has 1 fully saturated rings. The number of allylic oxidation sites excluding steroid dienone is 3. The Morgan fingerprint density at radius 3 is 2.56 bits per heavy atom. The van der Waals surface area contributed by atoms with Crippen LogP contribution < -0.4 is 4.90 Å². The number of anilines is 1. The van der Waals surface area contributed by atoms with Crippen LogP contribution >= 0.6 is 11.6 Å². The van der Waals surface area contributed by atoms with Gasteiger partial charge in [-0.15, -0.1) is 0 Å². The highest BCUT2D eigenvalue weighted by molar-refractivity contribution is 6.67. The quantitative estimate of drug-likeness (QED) is 0.636. The highest BCUT2D eigenvalue weighted by atomic mass is 35.5. The number of halogens is 4. The van der Waals surface area contributed by atoms with Gasteiger partial charge in [-0.05, 0) is 17.7 Å². The summed E-state index contributed by atoms with van der Waals surface area (Å²) in [5.74, 6) is -3.09. The summed E-state index contributed by atoms with van der Waals surface area (Å²) >= 11 is 5.35. The average molecular weight is 469 g/mol. The van der Waals surface area contributed by atoms with Crippen LogP contribution in [-0.4, -0.2) is 69.6 Å². The van der Waals surface area contributed by atoms with Crippen LogP contribution in [0.4, 0.5) is 23.9 Å². The summed E-state index contributed by atoms with van der Waals surface area (Å²) in [6.45, 7) is 2.91. The zero-order valence-corrected chi connectivity index (χ0v) is 17.8. The SMILES string of the molecule is CC1C(F)=CC(F)=CC1[C@@H]1CC=NN1C(=O)N1CCN(c2ncc(F)c(C(=O)Cl)n2)CC1. The third kappa shape index (κ3) is 4.21. The molecule has 0 aromatic carbocycles. The van der Waals surface area contributed by atoms with Crippen molar-refractivity contribution in [3.05, 3.63) is 41.5 Å². The number of urea groups is 1. The summed E-state index contributed by atoms with van der Waals surface area (Å²) < 4.78 is 41.5. The number of carbonyl (C=O) groups excluding carboxylic acids is 2. The van der Waals surface area contributed by atoms with Crippen molar-refractivity contribution in [1.82, 2.24) is 19.9 Å². The van der Waals surface area contributed by atoms with Gasteiger partial charge in [0.25, 0.3) is 5.24 Å². The van der Waals surface area contributed by atoms with E-state index in [9.17, 15) is 22.8 Å². The third-order valence-electron chi connectivity index (χ3n) is 5.90. The molecule has 32 heavy (non-hydrogen) atoms. The van der Waals surface area contributed by atoms with Crippen molar-refractivity contribution in [3.8, 4) is 0 Å². The number of amides is 2. The number of carbonyl (C=O) groups is 2. The largest absolute Gasteiger partial charge is 0.340 e. The molecular weight excluding hydrogens is 449 g/mol. The molecule has 170 valence electrons. The van der Waals surface area contributed by atoms with Gasteiger partial charge in [0.2, 0.25) is 5.95 Å². The van der Waals surface area contributed by atoms with E-state index in [1.807, 2.05) is 0 Å². The maximum atomic E-state index is 14.1. The fourth-order valence-electron chi connectivity index (χ4n) is 4.10. The third-order valence-corrected chi connectivity index (χ3v) is 6.08. The van der Waals surface area contributed by atoms with Gasteiger partial charge in [-0.3, -0.25) is 4.79 Å². The minimum atomic E-state index is -1.02. The molecule has 1 saturated heterocycles. The van der Waals surface area contributed by atoms with Crippen LogP contribution in [0.25, 0.3) is 0 Å². The molecule has 1 aliphatic carbocycles. The van der Waals surface area contributed by atoms with Crippen molar-refractivity contribution in [3.63, 3.8) is 0 Å². The van der Waals surface area contributed by atoms with Gasteiger partial charge in [0.1, 0.15) is 11.7 Å². The highest BCUT2D eigenvalue weighted by Gasteiger charge is 2.40. The first-order valence-corrected chi connectivity index (χ1v) is 10.5. The van der Waals surface area contributed by atoms with E-state index in [0.29, 0.717) is 32.6 Å². The number of hydrogen-bond acceptors (Lipinski definition) is 6. The van der Waals surface area contributed by atoms with Gasteiger partial charge in [0.05, 0.1) is 12.2 Å². The van der Waals surface area contributed by atoms with Crippen LogP contribution in [0, 0.1) is 17.7 Å². The van der Waals surface area contributed by atoms with E-state index in [2.05, 4.69) is 15.1 Å². The van der Waals surface area contributed by atoms with Gasteiger partial charge in [-0.2, -0.15) is 5.10 Å². The zero-order valence-electron chi connectivity index (χ0n) is 17.1. The Hall–Kier alpha value is -2.95. The number of piperazine rings is 1. The first-order valence-electron chi connectivity index (χ1n) is 10.1. The number of aromatic nitrogens is 2. The molecule has 3 atom stereocenters. The predicted octanol–water partition coefficient (Wildman–Crippen LogP) is 3.27. The molecule has 3 heterocycles. The number of rotatable bonds is 3. The smallest absolute Gasteiger partial charge is 0.337 e. The standard InChI is InChI=1S/C20H20ClF3N6O2/c1-11-13(8-12(22)9-14(11)23)16-2-3-26-30(16)20(32)29-6-4-28(5-7-29)19-25-10-15(24)17(27-19)18(21)31/h3,8-11,13,16H,2,4-7H2,1H3/t11?,13?,16-/m0/s1. The fourth-order valence-corrected chi connectivity index (χ4v) is 4.23. The molecule has 3 aliphatic rings. The molecule has 0 radical (unpaired) electrons. The Morgan fingerprint density at radius 2 is 1.88 bits per heavy atom. The van der Waals surface area contributed by atoms with Gasteiger partial charge in [0, 0.05) is 56.7 Å². The zero-order chi connectivity index (χ0) is 23.0. The van der Waals surface area contributed by atoms with Crippen LogP contribution in [0.2, 0.25) is 0 Å². The lowest BCUT2D eigenvalue weighted by molar-refractivity contribution is 0.107. The monoisotopic (exact) mass is 468 g/mol. The molecule has 1 aromatic rings. The van der Waals surface area contributed by atoms with Gasteiger partial charge >= 0.3 is 6.03 Å². The maximum absolute atomic E-state index is 14.1.